The van der Waals surface area contributed by atoms with Crippen LogP contribution in [0.4, 0.5) is 13.6 Å². The van der Waals surface area contributed by atoms with Crippen molar-refractivity contribution in [2.45, 2.75) is 25.4 Å². The van der Waals surface area contributed by atoms with Gasteiger partial charge in [0.1, 0.15) is 11.6 Å². The summed E-state index contributed by atoms with van der Waals surface area (Å²) in [5.74, 6) is -0.750. The van der Waals surface area contributed by atoms with E-state index in [0.29, 0.717) is 19.0 Å². The van der Waals surface area contributed by atoms with E-state index in [-0.39, 0.29) is 43.2 Å². The Bertz CT molecular complexity index is 752. The van der Waals surface area contributed by atoms with Gasteiger partial charge in [-0.25, -0.2) is 13.6 Å². The molecule has 0 spiro atoms. The number of amides is 3. The maximum atomic E-state index is 13.9. The van der Waals surface area contributed by atoms with Gasteiger partial charge in [-0.3, -0.25) is 19.6 Å². The molecule has 3 N–H and O–H groups in total. The van der Waals surface area contributed by atoms with Gasteiger partial charge in [-0.1, -0.05) is 6.07 Å². The molecule has 0 bridgehead atoms. The number of aliphatic imine (C=N–C) groups is 1. The van der Waals surface area contributed by atoms with Crippen molar-refractivity contribution in [2.24, 2.45) is 4.99 Å². The maximum Gasteiger partial charge on any atom is 0.324 e. The zero-order valence-corrected chi connectivity index (χ0v) is 16.4. The lowest BCUT2D eigenvalue weighted by atomic mass is 10.0. The number of urea groups is 1. The van der Waals surface area contributed by atoms with E-state index in [1.807, 2.05) is 4.90 Å². The van der Waals surface area contributed by atoms with Gasteiger partial charge in [0.25, 0.3) is 0 Å². The van der Waals surface area contributed by atoms with Crippen LogP contribution in [0.25, 0.3) is 0 Å². The van der Waals surface area contributed by atoms with E-state index in [4.69, 9.17) is 0 Å². The predicted molar refractivity (Wildman–Crippen MR) is 104 cm³/mol. The third-order valence-electron chi connectivity index (χ3n) is 5.08. The van der Waals surface area contributed by atoms with Crippen molar-refractivity contribution in [2.75, 3.05) is 39.8 Å². The summed E-state index contributed by atoms with van der Waals surface area (Å²) in [6.45, 7) is 2.26. The maximum absolute atomic E-state index is 13.9. The van der Waals surface area contributed by atoms with Gasteiger partial charge in [-0.15, -0.1) is 0 Å². The van der Waals surface area contributed by atoms with Crippen LogP contribution in [0.2, 0.25) is 0 Å². The second-order valence-corrected chi connectivity index (χ2v) is 7.12. The standard InChI is InChI=1S/C19H26F2N6O2/c1-22-18(23-7-9-27-17(28)10-24-19(27)29)25-13-4-3-8-26(11-13)12-14-15(20)5-2-6-16(14)21/h2,5-6,13H,3-4,7-12H2,1H3,(H,24,29)(H2,22,23,25). The van der Waals surface area contributed by atoms with Gasteiger partial charge in [0, 0.05) is 44.8 Å². The molecule has 0 saturated carbocycles. The quantitative estimate of drug-likeness (QED) is 0.365. The lowest BCUT2D eigenvalue weighted by Gasteiger charge is -2.34. The molecule has 3 rings (SSSR count). The van der Waals surface area contributed by atoms with Crippen LogP contribution in [-0.4, -0.2) is 73.5 Å². The van der Waals surface area contributed by atoms with Crippen LogP contribution in [0.1, 0.15) is 18.4 Å². The van der Waals surface area contributed by atoms with Crippen molar-refractivity contribution in [3.05, 3.63) is 35.4 Å². The highest BCUT2D eigenvalue weighted by Crippen LogP contribution is 2.18. The Kier molecular flexibility index (Phi) is 6.97. The molecule has 2 aliphatic heterocycles. The van der Waals surface area contributed by atoms with Crippen LogP contribution in [0.15, 0.2) is 23.2 Å². The smallest absolute Gasteiger partial charge is 0.324 e. The topological polar surface area (TPSA) is 89.1 Å². The number of guanidine groups is 1. The van der Waals surface area contributed by atoms with E-state index in [2.05, 4.69) is 20.9 Å². The number of benzene rings is 1. The minimum atomic E-state index is -0.530. The molecule has 10 heteroatoms. The van der Waals surface area contributed by atoms with Gasteiger partial charge in [0.15, 0.2) is 5.96 Å². The van der Waals surface area contributed by atoms with Crippen LogP contribution >= 0.6 is 0 Å². The number of likely N-dealkylation sites (tertiary alicyclic amines) is 1. The molecule has 1 unspecified atom stereocenters. The van der Waals surface area contributed by atoms with Crippen molar-refractivity contribution in [1.29, 1.82) is 0 Å². The van der Waals surface area contributed by atoms with E-state index in [9.17, 15) is 18.4 Å². The predicted octanol–water partition coefficient (Wildman–Crippen LogP) is 0.646. The second kappa shape index (κ2) is 9.64. The van der Waals surface area contributed by atoms with Gasteiger partial charge in [0.2, 0.25) is 5.91 Å². The van der Waals surface area contributed by atoms with Gasteiger partial charge in [-0.2, -0.15) is 0 Å². The van der Waals surface area contributed by atoms with Crippen LogP contribution < -0.4 is 16.0 Å². The monoisotopic (exact) mass is 408 g/mol. The number of piperidine rings is 1. The fourth-order valence-corrected chi connectivity index (χ4v) is 3.58. The largest absolute Gasteiger partial charge is 0.355 e. The van der Waals surface area contributed by atoms with Crippen molar-refractivity contribution in [3.63, 3.8) is 0 Å². The molecule has 1 aromatic carbocycles. The number of carbonyl (C=O) groups is 2. The number of nitrogens with one attached hydrogen (secondary N) is 3. The highest BCUT2D eigenvalue weighted by atomic mass is 19.1. The Morgan fingerprint density at radius 2 is 2.07 bits per heavy atom. The minimum absolute atomic E-state index is 0.0340. The van der Waals surface area contributed by atoms with Crippen molar-refractivity contribution in [1.82, 2.24) is 25.8 Å². The van der Waals surface area contributed by atoms with Crippen molar-refractivity contribution < 1.29 is 18.4 Å². The fraction of sp³-hybridized carbons (Fsp3) is 0.526. The third kappa shape index (κ3) is 5.41. The van der Waals surface area contributed by atoms with E-state index in [0.717, 1.165) is 24.3 Å². The number of carbonyl (C=O) groups excluding carboxylic acids is 2. The number of halogens is 2. The Morgan fingerprint density at radius 1 is 1.31 bits per heavy atom. The van der Waals surface area contributed by atoms with Gasteiger partial charge in [0.05, 0.1) is 6.54 Å². The summed E-state index contributed by atoms with van der Waals surface area (Å²) in [7, 11) is 1.64. The van der Waals surface area contributed by atoms with E-state index >= 15 is 0 Å². The molecule has 29 heavy (non-hydrogen) atoms. The zero-order chi connectivity index (χ0) is 20.8. The summed E-state index contributed by atoms with van der Waals surface area (Å²) in [4.78, 5) is 30.5. The Hall–Kier alpha value is -2.75. The second-order valence-electron chi connectivity index (χ2n) is 7.12. The summed E-state index contributed by atoms with van der Waals surface area (Å²) in [5, 5.41) is 8.87. The van der Waals surface area contributed by atoms with Crippen molar-refractivity contribution in [3.8, 4) is 0 Å². The SMILES string of the molecule is CN=C(NCCN1C(=O)CNC1=O)NC1CCCN(Cc2c(F)cccc2F)C1. The Balaban J connectivity index is 1.48. The summed E-state index contributed by atoms with van der Waals surface area (Å²) in [5.41, 5.74) is 0.0872. The van der Waals surface area contributed by atoms with E-state index in [1.54, 1.807) is 7.05 Å². The average Bonchev–Trinajstić information content (AvgIpc) is 3.02. The zero-order valence-electron chi connectivity index (χ0n) is 16.4. The van der Waals surface area contributed by atoms with Crippen molar-refractivity contribution >= 4 is 17.9 Å². The number of imide groups is 1. The molecule has 8 nitrogen and oxygen atoms in total. The van der Waals surface area contributed by atoms with E-state index < -0.39 is 11.6 Å². The first-order chi connectivity index (χ1) is 14.0. The fourth-order valence-electron chi connectivity index (χ4n) is 3.58. The summed E-state index contributed by atoms with van der Waals surface area (Å²) < 4.78 is 27.8. The van der Waals surface area contributed by atoms with Gasteiger partial charge >= 0.3 is 6.03 Å². The molecule has 0 radical (unpaired) electrons. The lowest BCUT2D eigenvalue weighted by Crippen LogP contribution is -2.52. The molecule has 1 aromatic rings. The summed E-state index contributed by atoms with van der Waals surface area (Å²) in [6.07, 6.45) is 1.80. The molecule has 158 valence electrons. The molecular weight excluding hydrogens is 382 g/mol. The first kappa shape index (κ1) is 21.0. The number of hydrogen-bond acceptors (Lipinski definition) is 4. The molecule has 2 fully saturated rings. The molecule has 2 heterocycles. The number of nitrogens with zero attached hydrogens (tertiary/aromatic N) is 3. The average molecular weight is 408 g/mol. The first-order valence-electron chi connectivity index (χ1n) is 9.68. The molecule has 2 aliphatic rings. The summed E-state index contributed by atoms with van der Waals surface area (Å²) in [6, 6.07) is 3.60. The molecule has 0 aliphatic carbocycles. The highest BCUT2D eigenvalue weighted by molar-refractivity contribution is 6.01. The first-order valence-corrected chi connectivity index (χ1v) is 9.68. The normalized spacial score (nSPS) is 20.7. The summed E-state index contributed by atoms with van der Waals surface area (Å²) >= 11 is 0. The molecular formula is C19H26F2N6O2. The molecule has 0 aromatic heterocycles. The Morgan fingerprint density at radius 3 is 2.72 bits per heavy atom. The van der Waals surface area contributed by atoms with E-state index in [1.165, 1.54) is 18.2 Å². The van der Waals surface area contributed by atoms with Crippen LogP contribution in [-0.2, 0) is 11.3 Å². The molecule has 2 saturated heterocycles. The molecule has 3 amide bonds. The lowest BCUT2D eigenvalue weighted by molar-refractivity contribution is -0.124. The Labute approximate surface area is 168 Å². The van der Waals surface area contributed by atoms with Crippen LogP contribution in [0, 0.1) is 11.6 Å². The molecule has 1 atom stereocenters. The van der Waals surface area contributed by atoms with Gasteiger partial charge in [-0.05, 0) is 31.5 Å². The number of hydrogen-bond donors (Lipinski definition) is 3. The highest BCUT2D eigenvalue weighted by Gasteiger charge is 2.28. The third-order valence-corrected chi connectivity index (χ3v) is 5.08. The van der Waals surface area contributed by atoms with Crippen LogP contribution in [0.5, 0.6) is 0 Å². The van der Waals surface area contributed by atoms with Crippen LogP contribution in [0.3, 0.4) is 0 Å². The minimum Gasteiger partial charge on any atom is -0.355 e. The van der Waals surface area contributed by atoms with Gasteiger partial charge < -0.3 is 16.0 Å². The number of rotatable bonds is 6.